The van der Waals surface area contributed by atoms with Crippen LogP contribution in [0.15, 0.2) is 12.3 Å². The molecule has 1 aromatic heterocycles. The average molecular weight is 294 g/mol. The number of carbonyl (C=O) groups is 1. The molecule has 3 unspecified atom stereocenters. The largest absolute Gasteiger partial charge is 0.393 e. The van der Waals surface area contributed by atoms with Crippen molar-refractivity contribution >= 4 is 11.8 Å². The van der Waals surface area contributed by atoms with E-state index in [1.807, 2.05) is 10.7 Å². The van der Waals surface area contributed by atoms with E-state index in [0.717, 1.165) is 25.7 Å². The van der Waals surface area contributed by atoms with Gasteiger partial charge < -0.3 is 10.0 Å². The molecule has 118 valence electrons. The standard InChI is InChI=1S/C15H26N4O2/c1-4-11(2)19-14(8-9-16-19)17-15(21)18(3)10-12-6-5-7-13(12)20/h8-9,11-13,20H,4-7,10H2,1-3H3,(H,17,21). The summed E-state index contributed by atoms with van der Waals surface area (Å²) >= 11 is 0. The van der Waals surface area contributed by atoms with E-state index in [0.29, 0.717) is 12.4 Å². The van der Waals surface area contributed by atoms with Crippen LogP contribution < -0.4 is 5.32 Å². The Morgan fingerprint density at radius 1 is 1.62 bits per heavy atom. The van der Waals surface area contributed by atoms with Gasteiger partial charge in [0.15, 0.2) is 0 Å². The third-order valence-electron chi connectivity index (χ3n) is 4.39. The van der Waals surface area contributed by atoms with Gasteiger partial charge in [-0.2, -0.15) is 5.10 Å². The molecule has 0 saturated heterocycles. The van der Waals surface area contributed by atoms with E-state index in [9.17, 15) is 9.90 Å². The quantitative estimate of drug-likeness (QED) is 0.876. The first-order valence-electron chi connectivity index (χ1n) is 7.76. The van der Waals surface area contributed by atoms with E-state index >= 15 is 0 Å². The number of carbonyl (C=O) groups excluding carboxylic acids is 1. The first-order chi connectivity index (χ1) is 10.0. The van der Waals surface area contributed by atoms with Crippen LogP contribution in [0.25, 0.3) is 0 Å². The van der Waals surface area contributed by atoms with E-state index in [1.54, 1.807) is 18.1 Å². The van der Waals surface area contributed by atoms with Gasteiger partial charge in [0.2, 0.25) is 0 Å². The molecule has 1 aliphatic carbocycles. The van der Waals surface area contributed by atoms with Crippen LogP contribution >= 0.6 is 0 Å². The fourth-order valence-corrected chi connectivity index (χ4v) is 2.81. The van der Waals surface area contributed by atoms with Crippen LogP contribution in [0.1, 0.15) is 45.6 Å². The summed E-state index contributed by atoms with van der Waals surface area (Å²) in [5.74, 6) is 0.911. The summed E-state index contributed by atoms with van der Waals surface area (Å²) in [6, 6.07) is 1.90. The van der Waals surface area contributed by atoms with Gasteiger partial charge in [0.1, 0.15) is 5.82 Å². The molecule has 2 rings (SSSR count). The van der Waals surface area contributed by atoms with Gasteiger partial charge >= 0.3 is 6.03 Å². The Morgan fingerprint density at radius 3 is 3.00 bits per heavy atom. The van der Waals surface area contributed by atoms with Crippen LogP contribution in [0.2, 0.25) is 0 Å². The molecular weight excluding hydrogens is 268 g/mol. The Kier molecular flexibility index (Phi) is 5.22. The molecule has 6 nitrogen and oxygen atoms in total. The molecule has 1 aromatic rings. The SMILES string of the molecule is CCC(C)n1nccc1NC(=O)N(C)CC1CCCC1O. The normalized spacial score (nSPS) is 23.0. The first kappa shape index (κ1) is 15.8. The lowest BCUT2D eigenvalue weighted by atomic mass is 10.1. The number of anilines is 1. The van der Waals surface area contributed by atoms with Crippen LogP contribution in [-0.4, -0.2) is 45.5 Å². The number of aliphatic hydroxyl groups excluding tert-OH is 1. The summed E-state index contributed by atoms with van der Waals surface area (Å²) in [5.41, 5.74) is 0. The fraction of sp³-hybridized carbons (Fsp3) is 0.733. The number of rotatable bonds is 5. The zero-order chi connectivity index (χ0) is 15.4. The smallest absolute Gasteiger partial charge is 0.322 e. The molecule has 0 bridgehead atoms. The van der Waals surface area contributed by atoms with E-state index < -0.39 is 0 Å². The van der Waals surface area contributed by atoms with Gasteiger partial charge in [-0.1, -0.05) is 13.3 Å². The van der Waals surface area contributed by atoms with Gasteiger partial charge in [-0.3, -0.25) is 5.32 Å². The van der Waals surface area contributed by atoms with Gasteiger partial charge in [-0.15, -0.1) is 0 Å². The highest BCUT2D eigenvalue weighted by atomic mass is 16.3. The number of hydrogen-bond donors (Lipinski definition) is 2. The van der Waals surface area contributed by atoms with Crippen molar-refractivity contribution in [3.8, 4) is 0 Å². The minimum atomic E-state index is -0.272. The molecule has 3 atom stereocenters. The summed E-state index contributed by atoms with van der Waals surface area (Å²) < 4.78 is 1.83. The lowest BCUT2D eigenvalue weighted by Crippen LogP contribution is -2.37. The lowest BCUT2D eigenvalue weighted by molar-refractivity contribution is 0.116. The lowest BCUT2D eigenvalue weighted by Gasteiger charge is -2.24. The number of nitrogens with zero attached hydrogens (tertiary/aromatic N) is 3. The second kappa shape index (κ2) is 6.93. The molecule has 21 heavy (non-hydrogen) atoms. The Bertz CT molecular complexity index is 474. The second-order valence-corrected chi connectivity index (χ2v) is 5.99. The monoisotopic (exact) mass is 294 g/mol. The zero-order valence-electron chi connectivity index (χ0n) is 13.1. The highest BCUT2D eigenvalue weighted by molar-refractivity contribution is 5.88. The topological polar surface area (TPSA) is 70.4 Å². The predicted molar refractivity (Wildman–Crippen MR) is 82.2 cm³/mol. The molecule has 2 N–H and O–H groups in total. The third-order valence-corrected chi connectivity index (χ3v) is 4.39. The van der Waals surface area contributed by atoms with Crippen molar-refractivity contribution in [2.24, 2.45) is 5.92 Å². The minimum absolute atomic E-state index is 0.154. The van der Waals surface area contributed by atoms with Crippen molar-refractivity contribution in [3.63, 3.8) is 0 Å². The van der Waals surface area contributed by atoms with Gasteiger partial charge in [-0.05, 0) is 26.2 Å². The Balaban J connectivity index is 1.93. The van der Waals surface area contributed by atoms with E-state index in [4.69, 9.17) is 0 Å². The van der Waals surface area contributed by atoms with Crippen LogP contribution in [0, 0.1) is 5.92 Å². The highest BCUT2D eigenvalue weighted by Gasteiger charge is 2.27. The van der Waals surface area contributed by atoms with Gasteiger partial charge in [0, 0.05) is 25.6 Å². The minimum Gasteiger partial charge on any atom is -0.393 e. The number of aliphatic hydroxyl groups is 1. The summed E-state index contributed by atoms with van der Waals surface area (Å²) in [6.45, 7) is 4.75. The predicted octanol–water partition coefficient (Wildman–Crippen LogP) is 2.48. The molecule has 1 aliphatic rings. The average Bonchev–Trinajstić information content (AvgIpc) is 3.08. The van der Waals surface area contributed by atoms with Crippen LogP contribution in [0.5, 0.6) is 0 Å². The number of hydrogen-bond acceptors (Lipinski definition) is 3. The first-order valence-corrected chi connectivity index (χ1v) is 7.76. The third kappa shape index (κ3) is 3.75. The maximum absolute atomic E-state index is 12.3. The van der Waals surface area contributed by atoms with Crippen molar-refractivity contribution in [1.29, 1.82) is 0 Å². The van der Waals surface area contributed by atoms with Crippen molar-refractivity contribution < 1.29 is 9.90 Å². The van der Waals surface area contributed by atoms with E-state index in [2.05, 4.69) is 24.3 Å². The summed E-state index contributed by atoms with van der Waals surface area (Å²) in [6.07, 6.45) is 5.26. The van der Waals surface area contributed by atoms with Gasteiger partial charge in [-0.25, -0.2) is 9.48 Å². The van der Waals surface area contributed by atoms with Gasteiger partial charge in [0.25, 0.3) is 0 Å². The molecule has 0 aromatic carbocycles. The molecule has 1 saturated carbocycles. The molecule has 2 amide bonds. The summed E-state index contributed by atoms with van der Waals surface area (Å²) in [4.78, 5) is 13.9. The molecule has 6 heteroatoms. The zero-order valence-corrected chi connectivity index (χ0v) is 13.1. The molecule has 1 heterocycles. The van der Waals surface area contributed by atoms with Crippen molar-refractivity contribution in [2.75, 3.05) is 18.9 Å². The number of amides is 2. The molecule has 0 spiro atoms. The maximum Gasteiger partial charge on any atom is 0.322 e. The Labute approximate surface area is 126 Å². The second-order valence-electron chi connectivity index (χ2n) is 5.99. The maximum atomic E-state index is 12.3. The molecule has 0 aliphatic heterocycles. The Morgan fingerprint density at radius 2 is 2.38 bits per heavy atom. The van der Waals surface area contributed by atoms with Crippen molar-refractivity contribution in [3.05, 3.63) is 12.3 Å². The number of urea groups is 1. The number of nitrogens with one attached hydrogen (secondary N) is 1. The number of aromatic nitrogens is 2. The molecule has 1 fully saturated rings. The summed E-state index contributed by atoms with van der Waals surface area (Å²) in [7, 11) is 1.77. The summed E-state index contributed by atoms with van der Waals surface area (Å²) in [5, 5.41) is 17.0. The van der Waals surface area contributed by atoms with E-state index in [-0.39, 0.29) is 24.1 Å². The van der Waals surface area contributed by atoms with Crippen LogP contribution in [0.3, 0.4) is 0 Å². The fourth-order valence-electron chi connectivity index (χ4n) is 2.81. The molecular formula is C15H26N4O2. The van der Waals surface area contributed by atoms with Crippen molar-refractivity contribution in [2.45, 2.75) is 51.7 Å². The van der Waals surface area contributed by atoms with Gasteiger partial charge in [0.05, 0.1) is 18.3 Å². The molecule has 0 radical (unpaired) electrons. The van der Waals surface area contributed by atoms with Crippen LogP contribution in [-0.2, 0) is 0 Å². The van der Waals surface area contributed by atoms with E-state index in [1.165, 1.54) is 0 Å². The Hall–Kier alpha value is -1.56. The van der Waals surface area contributed by atoms with Crippen molar-refractivity contribution in [1.82, 2.24) is 14.7 Å². The highest BCUT2D eigenvalue weighted by Crippen LogP contribution is 2.26. The van der Waals surface area contributed by atoms with Crippen LogP contribution in [0.4, 0.5) is 10.6 Å².